The first kappa shape index (κ1) is 29.0. The van der Waals surface area contributed by atoms with Gasteiger partial charge in [0, 0.05) is 31.6 Å². The fourth-order valence-electron chi connectivity index (χ4n) is 3.88. The third-order valence-electron chi connectivity index (χ3n) is 5.39. The fraction of sp³-hybridized carbons (Fsp3) is 0.385. The molecule has 0 atom stereocenters. The molecule has 190 valence electrons. The van der Waals surface area contributed by atoms with Crippen LogP contribution in [0.1, 0.15) is 36.8 Å². The number of halogens is 3. The Hall–Kier alpha value is -2.25. The monoisotopic (exact) mass is 539 g/mol. The molecule has 3 aromatic rings. The first-order chi connectivity index (χ1) is 16.0. The SMILES string of the molecule is COc1c(C(=O)NCCN(C)Cc2ccccc2)n(CC(C)(C)C)c(=O)c2cc(Cl)c(Cl)cc12.Cl. The highest BCUT2D eigenvalue weighted by Crippen LogP contribution is 2.34. The molecule has 9 heteroatoms. The minimum atomic E-state index is -0.376. The van der Waals surface area contributed by atoms with E-state index in [9.17, 15) is 9.59 Å². The van der Waals surface area contributed by atoms with Gasteiger partial charge in [0.05, 0.1) is 22.5 Å². The van der Waals surface area contributed by atoms with Crippen LogP contribution in [0, 0.1) is 5.41 Å². The number of hydrogen-bond acceptors (Lipinski definition) is 4. The van der Waals surface area contributed by atoms with E-state index in [0.29, 0.717) is 36.2 Å². The van der Waals surface area contributed by atoms with Crippen molar-refractivity contribution in [2.45, 2.75) is 33.9 Å². The average Bonchev–Trinajstić information content (AvgIpc) is 2.76. The second kappa shape index (κ2) is 12.1. The molecule has 3 rings (SSSR count). The second-order valence-corrected chi connectivity index (χ2v) is 10.4. The Morgan fingerprint density at radius 2 is 1.69 bits per heavy atom. The van der Waals surface area contributed by atoms with Crippen LogP contribution < -0.4 is 15.6 Å². The standard InChI is InChI=1S/C26H31Cl2N3O3.ClH/c1-26(2,3)16-31-22(23(34-5)18-13-20(27)21(28)14-19(18)25(31)33)24(32)29-11-12-30(4)15-17-9-7-6-8-10-17;/h6-10,13-14H,11-12,15-16H2,1-5H3,(H,29,32);1H. The van der Waals surface area contributed by atoms with E-state index in [1.807, 2.05) is 46.0 Å². The van der Waals surface area contributed by atoms with Crippen LogP contribution in [0.15, 0.2) is 47.3 Å². The van der Waals surface area contributed by atoms with Gasteiger partial charge in [-0.25, -0.2) is 0 Å². The Balaban J connectivity index is 0.00000432. The number of methoxy groups -OCH3 is 1. The van der Waals surface area contributed by atoms with Gasteiger partial charge in [0.1, 0.15) is 0 Å². The van der Waals surface area contributed by atoms with E-state index in [0.717, 1.165) is 6.54 Å². The van der Waals surface area contributed by atoms with E-state index >= 15 is 0 Å². The molecule has 0 spiro atoms. The van der Waals surface area contributed by atoms with Crippen molar-refractivity contribution in [1.82, 2.24) is 14.8 Å². The van der Waals surface area contributed by atoms with Gasteiger partial charge >= 0.3 is 0 Å². The number of hydrogen-bond donors (Lipinski definition) is 1. The molecule has 6 nitrogen and oxygen atoms in total. The zero-order chi connectivity index (χ0) is 25.0. The summed E-state index contributed by atoms with van der Waals surface area (Å²) >= 11 is 12.4. The van der Waals surface area contributed by atoms with Crippen molar-refractivity contribution in [3.63, 3.8) is 0 Å². The second-order valence-electron chi connectivity index (χ2n) is 9.62. The summed E-state index contributed by atoms with van der Waals surface area (Å²) in [5.41, 5.74) is 0.806. The van der Waals surface area contributed by atoms with Gasteiger partial charge in [0.25, 0.3) is 11.5 Å². The van der Waals surface area contributed by atoms with Crippen molar-refractivity contribution in [3.8, 4) is 5.75 Å². The van der Waals surface area contributed by atoms with Gasteiger partial charge in [0.2, 0.25) is 0 Å². The highest BCUT2D eigenvalue weighted by Gasteiger charge is 2.26. The normalized spacial score (nSPS) is 11.4. The van der Waals surface area contributed by atoms with E-state index in [2.05, 4.69) is 22.3 Å². The zero-order valence-electron chi connectivity index (χ0n) is 20.7. The number of ether oxygens (including phenoxy) is 1. The molecule has 0 saturated carbocycles. The Labute approximate surface area is 222 Å². The molecule has 0 aliphatic heterocycles. The maximum absolute atomic E-state index is 13.5. The Bertz CT molecular complexity index is 1240. The predicted molar refractivity (Wildman–Crippen MR) is 147 cm³/mol. The number of carbonyl (C=O) groups excluding carboxylic acids is 1. The highest BCUT2D eigenvalue weighted by molar-refractivity contribution is 6.42. The number of rotatable bonds is 8. The summed E-state index contributed by atoms with van der Waals surface area (Å²) in [6, 6.07) is 13.2. The first-order valence-electron chi connectivity index (χ1n) is 11.1. The number of fused-ring (bicyclic) bond motifs is 1. The number of likely N-dealkylation sites (N-methyl/N-ethyl adjacent to an activating group) is 1. The Kier molecular flexibility index (Phi) is 10.0. The molecule has 0 bridgehead atoms. The summed E-state index contributed by atoms with van der Waals surface area (Å²) in [6.07, 6.45) is 0. The summed E-state index contributed by atoms with van der Waals surface area (Å²) in [6.45, 7) is 8.16. The quantitative estimate of drug-likeness (QED) is 0.401. The molecule has 2 aromatic carbocycles. The average molecular weight is 541 g/mol. The van der Waals surface area contributed by atoms with Crippen molar-refractivity contribution < 1.29 is 9.53 Å². The van der Waals surface area contributed by atoms with Crippen molar-refractivity contribution in [2.75, 3.05) is 27.2 Å². The van der Waals surface area contributed by atoms with Crippen LogP contribution in [-0.2, 0) is 13.1 Å². The van der Waals surface area contributed by atoms with Crippen molar-refractivity contribution in [2.24, 2.45) is 5.41 Å². The molecule has 0 radical (unpaired) electrons. The first-order valence-corrected chi connectivity index (χ1v) is 11.9. The molecule has 35 heavy (non-hydrogen) atoms. The summed E-state index contributed by atoms with van der Waals surface area (Å²) in [4.78, 5) is 29.0. The third kappa shape index (κ3) is 7.14. The van der Waals surface area contributed by atoms with E-state index in [1.54, 1.807) is 6.07 Å². The molecule has 1 N–H and O–H groups in total. The van der Waals surface area contributed by atoms with Crippen LogP contribution in [-0.4, -0.2) is 42.6 Å². The molecule has 0 fully saturated rings. The lowest BCUT2D eigenvalue weighted by Crippen LogP contribution is -2.38. The smallest absolute Gasteiger partial charge is 0.271 e. The molecule has 1 aromatic heterocycles. The highest BCUT2D eigenvalue weighted by atomic mass is 35.5. The molecule has 1 amide bonds. The maximum Gasteiger partial charge on any atom is 0.271 e. The maximum atomic E-state index is 13.5. The lowest BCUT2D eigenvalue weighted by atomic mass is 9.96. The van der Waals surface area contributed by atoms with Gasteiger partial charge in [-0.3, -0.25) is 14.2 Å². The van der Waals surface area contributed by atoms with Crippen molar-refractivity contribution >= 4 is 52.3 Å². The number of carbonyl (C=O) groups is 1. The van der Waals surface area contributed by atoms with Crippen LogP contribution in [0.3, 0.4) is 0 Å². The van der Waals surface area contributed by atoms with Gasteiger partial charge in [0.15, 0.2) is 11.4 Å². The van der Waals surface area contributed by atoms with E-state index in [-0.39, 0.29) is 45.0 Å². The number of benzene rings is 2. The molecule has 0 unspecified atom stereocenters. The molecule has 0 saturated heterocycles. The topological polar surface area (TPSA) is 63.6 Å². The number of pyridine rings is 1. The number of nitrogens with zero attached hydrogens (tertiary/aromatic N) is 2. The molecular weight excluding hydrogens is 509 g/mol. The Morgan fingerprint density at radius 3 is 2.26 bits per heavy atom. The van der Waals surface area contributed by atoms with Gasteiger partial charge in [-0.2, -0.15) is 0 Å². The summed E-state index contributed by atoms with van der Waals surface area (Å²) in [7, 11) is 3.48. The number of aromatic nitrogens is 1. The van der Waals surface area contributed by atoms with Crippen molar-refractivity contribution in [3.05, 3.63) is 74.1 Å². The van der Waals surface area contributed by atoms with Crippen molar-refractivity contribution in [1.29, 1.82) is 0 Å². The molecule has 1 heterocycles. The minimum Gasteiger partial charge on any atom is -0.494 e. The summed E-state index contributed by atoms with van der Waals surface area (Å²) in [5.74, 6) is -0.0770. The van der Waals surface area contributed by atoms with Crippen LogP contribution >= 0.6 is 35.6 Å². The van der Waals surface area contributed by atoms with E-state index in [1.165, 1.54) is 23.3 Å². The molecule has 0 aliphatic rings. The number of amides is 1. The van der Waals surface area contributed by atoms with E-state index in [4.69, 9.17) is 27.9 Å². The summed E-state index contributed by atoms with van der Waals surface area (Å²) < 4.78 is 7.14. The van der Waals surface area contributed by atoms with Crippen LogP contribution in [0.5, 0.6) is 5.75 Å². The minimum absolute atomic E-state index is 0. The van der Waals surface area contributed by atoms with Gasteiger partial charge in [-0.15, -0.1) is 12.4 Å². The predicted octanol–water partition coefficient (Wildman–Crippen LogP) is 5.65. The lowest BCUT2D eigenvalue weighted by molar-refractivity contribution is 0.0933. The van der Waals surface area contributed by atoms with Gasteiger partial charge in [-0.05, 0) is 30.2 Å². The van der Waals surface area contributed by atoms with Crippen LogP contribution in [0.2, 0.25) is 10.0 Å². The van der Waals surface area contributed by atoms with Gasteiger partial charge in [-0.1, -0.05) is 74.3 Å². The van der Waals surface area contributed by atoms with Gasteiger partial charge < -0.3 is 15.0 Å². The largest absolute Gasteiger partial charge is 0.494 e. The third-order valence-corrected chi connectivity index (χ3v) is 6.11. The van der Waals surface area contributed by atoms with Crippen LogP contribution in [0.25, 0.3) is 10.8 Å². The van der Waals surface area contributed by atoms with Crippen LogP contribution in [0.4, 0.5) is 0 Å². The number of nitrogens with one attached hydrogen (secondary N) is 1. The summed E-state index contributed by atoms with van der Waals surface area (Å²) in [5, 5.41) is 4.33. The molecular formula is C26H32Cl3N3O3. The lowest BCUT2D eigenvalue weighted by Gasteiger charge is -2.25. The fourth-order valence-corrected chi connectivity index (χ4v) is 4.21. The Morgan fingerprint density at radius 1 is 1.09 bits per heavy atom. The van der Waals surface area contributed by atoms with E-state index < -0.39 is 0 Å². The zero-order valence-corrected chi connectivity index (χ0v) is 23.0. The molecule has 0 aliphatic carbocycles.